The van der Waals surface area contributed by atoms with Crippen molar-refractivity contribution in [3.8, 4) is 0 Å². The van der Waals surface area contributed by atoms with Gasteiger partial charge in [-0.3, -0.25) is 9.59 Å². The van der Waals surface area contributed by atoms with E-state index in [1.807, 2.05) is 24.3 Å². The lowest BCUT2D eigenvalue weighted by atomic mass is 9.49. The lowest BCUT2D eigenvalue weighted by Crippen LogP contribution is -2.53. The third-order valence-electron chi connectivity index (χ3n) is 6.93. The summed E-state index contributed by atoms with van der Waals surface area (Å²) in [5, 5.41) is 6.00. The van der Waals surface area contributed by atoms with Gasteiger partial charge in [-0.05, 0) is 86.1 Å². The second-order valence-electron chi connectivity index (χ2n) is 9.01. The lowest BCUT2D eigenvalue weighted by molar-refractivity contribution is -0.146. The van der Waals surface area contributed by atoms with Gasteiger partial charge in [0.2, 0.25) is 5.91 Å². The van der Waals surface area contributed by atoms with E-state index in [0.29, 0.717) is 12.2 Å². The van der Waals surface area contributed by atoms with Crippen LogP contribution < -0.4 is 10.6 Å². The van der Waals surface area contributed by atoms with Gasteiger partial charge in [-0.2, -0.15) is 0 Å². The molecular formula is C23H26N2O3. The molecule has 6 rings (SSSR count). The van der Waals surface area contributed by atoms with Crippen molar-refractivity contribution < 1.29 is 14.0 Å². The minimum absolute atomic E-state index is 0.105. The zero-order valence-corrected chi connectivity index (χ0v) is 15.9. The first-order valence-corrected chi connectivity index (χ1v) is 10.3. The molecule has 1 heterocycles. The number of carbonyl (C=O) groups excluding carboxylic acids is 2. The summed E-state index contributed by atoms with van der Waals surface area (Å²) in [5.74, 6) is 2.58. The third kappa shape index (κ3) is 3.23. The minimum Gasteiger partial charge on any atom is -0.459 e. The van der Waals surface area contributed by atoms with Crippen LogP contribution in [0.15, 0.2) is 47.1 Å². The maximum Gasteiger partial charge on any atom is 0.291 e. The smallest absolute Gasteiger partial charge is 0.291 e. The van der Waals surface area contributed by atoms with Crippen LogP contribution in [-0.4, -0.2) is 11.8 Å². The molecule has 0 unspecified atom stereocenters. The number of nitrogens with one attached hydrogen (secondary N) is 2. The van der Waals surface area contributed by atoms with Crippen molar-refractivity contribution in [2.75, 3.05) is 5.32 Å². The monoisotopic (exact) mass is 378 g/mol. The molecule has 1 aromatic carbocycles. The SMILES string of the molecule is O=C(Nc1ccc(CNC(=O)C23CC4CC(CC(C4)C2)C3)cc1)c1ccco1. The van der Waals surface area contributed by atoms with Crippen molar-refractivity contribution in [2.45, 2.75) is 45.1 Å². The first-order valence-electron chi connectivity index (χ1n) is 10.3. The predicted octanol–water partition coefficient (Wildman–Crippen LogP) is 4.36. The van der Waals surface area contributed by atoms with E-state index in [1.54, 1.807) is 12.1 Å². The maximum absolute atomic E-state index is 13.0. The summed E-state index contributed by atoms with van der Waals surface area (Å²) in [6.45, 7) is 0.535. The molecule has 0 radical (unpaired) electrons. The van der Waals surface area contributed by atoms with E-state index in [-0.39, 0.29) is 23.0 Å². The largest absolute Gasteiger partial charge is 0.459 e. The fourth-order valence-corrected chi connectivity index (χ4v) is 6.06. The molecule has 4 fully saturated rings. The van der Waals surface area contributed by atoms with E-state index >= 15 is 0 Å². The van der Waals surface area contributed by atoms with Crippen LogP contribution in [0.5, 0.6) is 0 Å². The average Bonchev–Trinajstić information content (AvgIpc) is 3.21. The van der Waals surface area contributed by atoms with Crippen molar-refractivity contribution in [3.05, 3.63) is 54.0 Å². The molecule has 2 N–H and O–H groups in total. The Balaban J connectivity index is 1.18. The molecule has 4 saturated carbocycles. The van der Waals surface area contributed by atoms with Crippen LogP contribution in [0.2, 0.25) is 0 Å². The summed E-state index contributed by atoms with van der Waals surface area (Å²) in [6, 6.07) is 10.9. The van der Waals surface area contributed by atoms with Crippen molar-refractivity contribution >= 4 is 17.5 Å². The van der Waals surface area contributed by atoms with Crippen LogP contribution in [0, 0.1) is 23.2 Å². The van der Waals surface area contributed by atoms with E-state index in [0.717, 1.165) is 42.6 Å². The van der Waals surface area contributed by atoms with E-state index in [1.165, 1.54) is 25.5 Å². The highest BCUT2D eigenvalue weighted by molar-refractivity contribution is 6.02. The summed E-state index contributed by atoms with van der Waals surface area (Å²) in [6.07, 6.45) is 8.77. The number of hydrogen-bond donors (Lipinski definition) is 2. The fraction of sp³-hybridized carbons (Fsp3) is 0.478. The van der Waals surface area contributed by atoms with Gasteiger partial charge in [-0.25, -0.2) is 0 Å². The Kier molecular flexibility index (Phi) is 4.26. The first-order chi connectivity index (χ1) is 13.6. The molecule has 1 aromatic heterocycles. The number of rotatable bonds is 5. The number of amides is 2. The van der Waals surface area contributed by atoms with E-state index < -0.39 is 0 Å². The van der Waals surface area contributed by atoms with Crippen LogP contribution in [-0.2, 0) is 11.3 Å². The molecule has 4 bridgehead atoms. The van der Waals surface area contributed by atoms with E-state index in [2.05, 4.69) is 10.6 Å². The molecule has 0 spiro atoms. The Bertz CT molecular complexity index is 834. The van der Waals surface area contributed by atoms with Crippen LogP contribution in [0.1, 0.15) is 54.6 Å². The van der Waals surface area contributed by atoms with E-state index in [9.17, 15) is 9.59 Å². The van der Waals surface area contributed by atoms with Crippen molar-refractivity contribution in [2.24, 2.45) is 23.2 Å². The van der Waals surface area contributed by atoms with Gasteiger partial charge in [0.15, 0.2) is 5.76 Å². The maximum atomic E-state index is 13.0. The first kappa shape index (κ1) is 17.5. The summed E-state index contributed by atoms with van der Waals surface area (Å²) in [7, 11) is 0. The Morgan fingerprint density at radius 1 is 0.964 bits per heavy atom. The number of carbonyl (C=O) groups is 2. The zero-order chi connectivity index (χ0) is 19.1. The van der Waals surface area contributed by atoms with Crippen LogP contribution in [0.25, 0.3) is 0 Å². The third-order valence-corrected chi connectivity index (χ3v) is 6.93. The number of hydrogen-bond acceptors (Lipinski definition) is 3. The molecule has 4 aliphatic carbocycles. The zero-order valence-electron chi connectivity index (χ0n) is 15.9. The Morgan fingerprint density at radius 2 is 1.61 bits per heavy atom. The molecular weight excluding hydrogens is 352 g/mol. The normalized spacial score (nSPS) is 30.2. The van der Waals surface area contributed by atoms with Gasteiger partial charge in [0.25, 0.3) is 5.91 Å². The highest BCUT2D eigenvalue weighted by atomic mass is 16.3. The summed E-state index contributed by atoms with van der Waals surface area (Å²) in [4.78, 5) is 25.1. The molecule has 4 aliphatic rings. The average molecular weight is 378 g/mol. The van der Waals surface area contributed by atoms with Gasteiger partial charge in [-0.15, -0.1) is 0 Å². The molecule has 5 heteroatoms. The molecule has 0 aliphatic heterocycles. The molecule has 146 valence electrons. The van der Waals surface area contributed by atoms with Gasteiger partial charge in [0, 0.05) is 17.6 Å². The minimum atomic E-state index is -0.270. The van der Waals surface area contributed by atoms with Gasteiger partial charge in [0.1, 0.15) is 0 Å². The van der Waals surface area contributed by atoms with Crippen molar-refractivity contribution in [1.29, 1.82) is 0 Å². The van der Waals surface area contributed by atoms with Crippen LogP contribution in [0.3, 0.4) is 0 Å². The molecule has 28 heavy (non-hydrogen) atoms. The van der Waals surface area contributed by atoms with Crippen LogP contribution in [0.4, 0.5) is 5.69 Å². The molecule has 0 saturated heterocycles. The molecule has 2 amide bonds. The highest BCUT2D eigenvalue weighted by Crippen LogP contribution is 2.60. The van der Waals surface area contributed by atoms with Crippen LogP contribution >= 0.6 is 0 Å². The Morgan fingerprint density at radius 3 is 2.18 bits per heavy atom. The number of furan rings is 1. The quantitative estimate of drug-likeness (QED) is 0.812. The Hall–Kier alpha value is -2.56. The number of anilines is 1. The summed E-state index contributed by atoms with van der Waals surface area (Å²) >= 11 is 0. The van der Waals surface area contributed by atoms with Gasteiger partial charge in [0.05, 0.1) is 6.26 Å². The van der Waals surface area contributed by atoms with Crippen molar-refractivity contribution in [1.82, 2.24) is 5.32 Å². The summed E-state index contributed by atoms with van der Waals surface area (Å²) in [5.41, 5.74) is 1.64. The number of benzene rings is 1. The predicted molar refractivity (Wildman–Crippen MR) is 106 cm³/mol. The second-order valence-corrected chi connectivity index (χ2v) is 9.01. The summed E-state index contributed by atoms with van der Waals surface area (Å²) < 4.78 is 5.10. The van der Waals surface area contributed by atoms with E-state index in [4.69, 9.17) is 4.42 Å². The second kappa shape index (κ2) is 6.80. The molecule has 5 nitrogen and oxygen atoms in total. The standard InChI is InChI=1S/C23H26N2O3/c26-21(20-2-1-7-28-20)25-19-5-3-15(4-6-19)14-24-22(27)23-11-16-8-17(12-23)10-18(9-16)13-23/h1-7,16-18H,8-14H2,(H,24,27)(H,25,26). The van der Waals surface area contributed by atoms with Crippen molar-refractivity contribution in [3.63, 3.8) is 0 Å². The molecule has 0 atom stereocenters. The highest BCUT2D eigenvalue weighted by Gasteiger charge is 2.54. The molecule has 2 aromatic rings. The lowest BCUT2D eigenvalue weighted by Gasteiger charge is -2.55. The van der Waals surface area contributed by atoms with Gasteiger partial charge < -0.3 is 15.1 Å². The van der Waals surface area contributed by atoms with Gasteiger partial charge >= 0.3 is 0 Å². The Labute approximate surface area is 164 Å². The van der Waals surface area contributed by atoms with Gasteiger partial charge in [-0.1, -0.05) is 12.1 Å². The topological polar surface area (TPSA) is 71.3 Å². The fourth-order valence-electron chi connectivity index (χ4n) is 6.06.